The Bertz CT molecular complexity index is 1570. The van der Waals surface area contributed by atoms with Crippen molar-refractivity contribution in [2.75, 3.05) is 18.5 Å². The van der Waals surface area contributed by atoms with Gasteiger partial charge in [0.1, 0.15) is 5.82 Å². The van der Waals surface area contributed by atoms with Gasteiger partial charge in [-0.15, -0.1) is 0 Å². The number of rotatable bonds is 9. The number of halogens is 3. The molecule has 0 saturated carbocycles. The van der Waals surface area contributed by atoms with Gasteiger partial charge in [-0.1, -0.05) is 34.5 Å². The molecule has 0 aliphatic carbocycles. The van der Waals surface area contributed by atoms with E-state index in [1.807, 2.05) is 26.0 Å². The second-order valence-corrected chi connectivity index (χ2v) is 10.5. The fourth-order valence-corrected chi connectivity index (χ4v) is 4.87. The van der Waals surface area contributed by atoms with E-state index in [9.17, 15) is 9.59 Å². The fourth-order valence-electron chi connectivity index (χ4n) is 3.60. The zero-order valence-corrected chi connectivity index (χ0v) is 25.0. The minimum absolute atomic E-state index is 0.209. The van der Waals surface area contributed by atoms with E-state index in [-0.39, 0.29) is 18.1 Å². The SMILES string of the molecule is CCOc1cc(C=Nn2c(CC)nc3ccc(Br)cc3c2=O)cc(I)c1OCC(=O)Nc1ccc(Cl)cc1. The van der Waals surface area contributed by atoms with Crippen molar-refractivity contribution in [1.29, 1.82) is 0 Å². The van der Waals surface area contributed by atoms with Crippen molar-refractivity contribution in [3.8, 4) is 11.5 Å². The van der Waals surface area contributed by atoms with E-state index in [0.717, 1.165) is 8.04 Å². The second-order valence-electron chi connectivity index (χ2n) is 8.01. The number of benzene rings is 3. The fraction of sp³-hybridized carbons (Fsp3) is 0.185. The molecular weight excluding hydrogens is 687 g/mol. The lowest BCUT2D eigenvalue weighted by Gasteiger charge is -2.15. The van der Waals surface area contributed by atoms with Crippen molar-refractivity contribution in [2.24, 2.45) is 5.10 Å². The van der Waals surface area contributed by atoms with Crippen LogP contribution in [-0.2, 0) is 11.2 Å². The molecule has 1 amide bonds. The normalized spacial score (nSPS) is 11.2. The van der Waals surface area contributed by atoms with E-state index in [1.54, 1.807) is 48.7 Å². The van der Waals surface area contributed by atoms with Gasteiger partial charge in [-0.25, -0.2) is 4.98 Å². The van der Waals surface area contributed by atoms with E-state index in [0.29, 0.717) is 57.5 Å². The average Bonchev–Trinajstić information content (AvgIpc) is 2.89. The highest BCUT2D eigenvalue weighted by Crippen LogP contribution is 2.34. The van der Waals surface area contributed by atoms with Crippen LogP contribution in [-0.4, -0.2) is 35.0 Å². The molecule has 0 atom stereocenters. The number of nitrogens with one attached hydrogen (secondary N) is 1. The van der Waals surface area contributed by atoms with Crippen LogP contribution < -0.4 is 20.3 Å². The molecule has 3 aromatic carbocycles. The lowest BCUT2D eigenvalue weighted by molar-refractivity contribution is -0.118. The van der Waals surface area contributed by atoms with Crippen LogP contribution in [0.5, 0.6) is 11.5 Å². The average molecular weight is 710 g/mol. The Morgan fingerprint density at radius 2 is 1.92 bits per heavy atom. The molecule has 11 heteroatoms. The Balaban J connectivity index is 1.58. The monoisotopic (exact) mass is 708 g/mol. The van der Waals surface area contributed by atoms with Gasteiger partial charge in [-0.3, -0.25) is 9.59 Å². The Morgan fingerprint density at radius 3 is 2.63 bits per heavy atom. The predicted octanol–water partition coefficient (Wildman–Crippen LogP) is 6.28. The van der Waals surface area contributed by atoms with Gasteiger partial charge >= 0.3 is 0 Å². The summed E-state index contributed by atoms with van der Waals surface area (Å²) < 4.78 is 14.4. The van der Waals surface area contributed by atoms with Crippen LogP contribution in [0.1, 0.15) is 25.2 Å². The summed E-state index contributed by atoms with van der Waals surface area (Å²) in [4.78, 5) is 30.2. The molecule has 1 N–H and O–H groups in total. The standard InChI is InChI=1S/C27H23BrClIN4O4/c1-3-24-33-22-10-5-17(28)13-20(22)27(36)34(24)31-14-16-11-21(30)26(23(12-16)37-4-2)38-15-25(35)32-19-8-6-18(29)7-9-19/h5-14H,3-4,15H2,1-2H3,(H,32,35). The molecule has 0 saturated heterocycles. The number of anilines is 1. The molecule has 1 aromatic heterocycles. The molecule has 0 radical (unpaired) electrons. The first-order chi connectivity index (χ1) is 18.3. The van der Waals surface area contributed by atoms with Crippen LogP contribution in [0, 0.1) is 3.57 Å². The number of aromatic nitrogens is 2. The maximum Gasteiger partial charge on any atom is 0.282 e. The second kappa shape index (κ2) is 12.7. The van der Waals surface area contributed by atoms with Gasteiger partial charge < -0.3 is 14.8 Å². The van der Waals surface area contributed by atoms with E-state index < -0.39 is 0 Å². The summed E-state index contributed by atoms with van der Waals surface area (Å²) in [6.45, 7) is 3.97. The lowest BCUT2D eigenvalue weighted by Crippen LogP contribution is -2.22. The number of amides is 1. The molecule has 38 heavy (non-hydrogen) atoms. The van der Waals surface area contributed by atoms with E-state index in [1.165, 1.54) is 4.68 Å². The maximum atomic E-state index is 13.2. The Morgan fingerprint density at radius 1 is 1.16 bits per heavy atom. The number of carbonyl (C=O) groups excluding carboxylic acids is 1. The number of fused-ring (bicyclic) bond motifs is 1. The minimum atomic E-state index is -0.321. The largest absolute Gasteiger partial charge is 0.490 e. The smallest absolute Gasteiger partial charge is 0.282 e. The van der Waals surface area contributed by atoms with Gasteiger partial charge in [-0.05, 0) is 89.7 Å². The molecule has 0 spiro atoms. The van der Waals surface area contributed by atoms with Crippen molar-refractivity contribution in [1.82, 2.24) is 9.66 Å². The number of hydrogen-bond donors (Lipinski definition) is 1. The topological polar surface area (TPSA) is 94.8 Å². The minimum Gasteiger partial charge on any atom is -0.490 e. The first-order valence-electron chi connectivity index (χ1n) is 11.7. The molecular formula is C27H23BrClIN4O4. The van der Waals surface area contributed by atoms with Crippen LogP contribution in [0.4, 0.5) is 5.69 Å². The Labute approximate surface area is 246 Å². The van der Waals surface area contributed by atoms with Crippen molar-refractivity contribution in [3.05, 3.63) is 89.4 Å². The lowest BCUT2D eigenvalue weighted by atomic mass is 10.2. The summed E-state index contributed by atoms with van der Waals surface area (Å²) in [5.41, 5.74) is 1.68. The zero-order chi connectivity index (χ0) is 27.2. The molecule has 4 rings (SSSR count). The highest BCUT2D eigenvalue weighted by molar-refractivity contribution is 14.1. The van der Waals surface area contributed by atoms with Gasteiger partial charge in [-0.2, -0.15) is 9.78 Å². The van der Waals surface area contributed by atoms with Gasteiger partial charge in [0.05, 0.1) is 27.3 Å². The van der Waals surface area contributed by atoms with Crippen molar-refractivity contribution >= 4 is 78.8 Å². The molecule has 196 valence electrons. The Kier molecular flexibility index (Phi) is 9.40. The highest BCUT2D eigenvalue weighted by Gasteiger charge is 2.15. The Hall–Kier alpha value is -2.96. The first kappa shape index (κ1) is 28.1. The molecule has 0 fully saturated rings. The van der Waals surface area contributed by atoms with Gasteiger partial charge in [0.15, 0.2) is 18.1 Å². The van der Waals surface area contributed by atoms with E-state index in [4.69, 9.17) is 21.1 Å². The summed E-state index contributed by atoms with van der Waals surface area (Å²) in [7, 11) is 0. The predicted molar refractivity (Wildman–Crippen MR) is 162 cm³/mol. The van der Waals surface area contributed by atoms with Crippen LogP contribution in [0.15, 0.2) is 69.0 Å². The third-order valence-electron chi connectivity index (χ3n) is 5.32. The van der Waals surface area contributed by atoms with E-state index >= 15 is 0 Å². The number of ether oxygens (including phenoxy) is 2. The summed E-state index contributed by atoms with van der Waals surface area (Å²) in [6, 6.07) is 15.8. The van der Waals surface area contributed by atoms with E-state index in [2.05, 4.69) is 53.9 Å². The first-order valence-corrected chi connectivity index (χ1v) is 13.9. The maximum absolute atomic E-state index is 13.2. The number of aryl methyl sites for hydroxylation is 1. The summed E-state index contributed by atoms with van der Waals surface area (Å²) in [5, 5.41) is 8.27. The highest BCUT2D eigenvalue weighted by atomic mass is 127. The zero-order valence-electron chi connectivity index (χ0n) is 20.5. The van der Waals surface area contributed by atoms with Crippen LogP contribution in [0.3, 0.4) is 0 Å². The van der Waals surface area contributed by atoms with Crippen LogP contribution in [0.25, 0.3) is 10.9 Å². The van der Waals surface area contributed by atoms with Crippen LogP contribution >= 0.6 is 50.1 Å². The quantitative estimate of drug-likeness (QED) is 0.163. The van der Waals surface area contributed by atoms with Crippen molar-refractivity contribution in [3.63, 3.8) is 0 Å². The van der Waals surface area contributed by atoms with Crippen LogP contribution in [0.2, 0.25) is 5.02 Å². The molecule has 0 aliphatic rings. The van der Waals surface area contributed by atoms with Gasteiger partial charge in [0, 0.05) is 21.6 Å². The van der Waals surface area contributed by atoms with Crippen molar-refractivity contribution < 1.29 is 14.3 Å². The third kappa shape index (κ3) is 6.72. The summed E-state index contributed by atoms with van der Waals surface area (Å²) in [6.07, 6.45) is 2.11. The number of nitrogens with zero attached hydrogens (tertiary/aromatic N) is 3. The summed E-state index contributed by atoms with van der Waals surface area (Å²) >= 11 is 11.4. The molecule has 1 heterocycles. The van der Waals surface area contributed by atoms with Crippen molar-refractivity contribution in [2.45, 2.75) is 20.3 Å². The third-order valence-corrected chi connectivity index (χ3v) is 6.87. The number of hydrogen-bond acceptors (Lipinski definition) is 6. The molecule has 0 unspecified atom stereocenters. The van der Waals surface area contributed by atoms with Gasteiger partial charge in [0.2, 0.25) is 0 Å². The summed E-state index contributed by atoms with van der Waals surface area (Å²) in [5.74, 6) is 1.13. The molecule has 0 bridgehead atoms. The number of carbonyl (C=O) groups is 1. The molecule has 4 aromatic rings. The van der Waals surface area contributed by atoms with Gasteiger partial charge in [0.25, 0.3) is 11.5 Å². The molecule has 0 aliphatic heterocycles. The molecule has 8 nitrogen and oxygen atoms in total.